The lowest BCUT2D eigenvalue weighted by Crippen LogP contribution is -1.98. The van der Waals surface area contributed by atoms with Gasteiger partial charge in [0, 0.05) is 4.83 Å². The van der Waals surface area contributed by atoms with Crippen molar-refractivity contribution in [1.29, 1.82) is 0 Å². The Morgan fingerprint density at radius 3 is 2.00 bits per heavy atom. The van der Waals surface area contributed by atoms with Gasteiger partial charge in [-0.15, -0.1) is 0 Å². The van der Waals surface area contributed by atoms with Gasteiger partial charge >= 0.3 is 0 Å². The van der Waals surface area contributed by atoms with Crippen molar-refractivity contribution in [3.63, 3.8) is 0 Å². The summed E-state index contributed by atoms with van der Waals surface area (Å²) in [4.78, 5) is 0.674. The fourth-order valence-electron chi connectivity index (χ4n) is 1.69. The number of hydrogen-bond donors (Lipinski definition) is 0. The Labute approximate surface area is 102 Å². The zero-order valence-corrected chi connectivity index (χ0v) is 11.4. The molecule has 0 amide bonds. The van der Waals surface area contributed by atoms with Gasteiger partial charge in [-0.05, 0) is 36.8 Å². The number of aryl methyl sites for hydroxylation is 2. The number of halogens is 1. The first-order chi connectivity index (χ1) is 7.26. The molecule has 84 valence electrons. The molecule has 0 aliphatic carbocycles. The zero-order valence-electron chi connectivity index (χ0n) is 9.80. The predicted octanol–water partition coefficient (Wildman–Crippen LogP) is 4.75. The van der Waals surface area contributed by atoms with Crippen LogP contribution < -0.4 is 0 Å². The third kappa shape index (κ3) is 4.83. The van der Waals surface area contributed by atoms with Crippen molar-refractivity contribution in [3.8, 4) is 0 Å². The van der Waals surface area contributed by atoms with Gasteiger partial charge in [0.2, 0.25) is 0 Å². The van der Waals surface area contributed by atoms with Crippen molar-refractivity contribution in [2.45, 2.75) is 50.8 Å². The van der Waals surface area contributed by atoms with Crippen LogP contribution in [0.3, 0.4) is 0 Å². The summed E-state index contributed by atoms with van der Waals surface area (Å²) in [5.41, 5.74) is 2.93. The Hall–Kier alpha value is -0.300. The maximum Gasteiger partial charge on any atom is 0.0146 e. The maximum absolute atomic E-state index is 3.67. The molecule has 0 saturated carbocycles. The standard InChI is InChI=1S/C14H21Br/c1-3-5-12-6-8-13(9-7-12)10-11-14(15)4-2/h6-9,14H,3-5,10-11H2,1-2H3. The molecule has 15 heavy (non-hydrogen) atoms. The molecule has 1 atom stereocenters. The Bertz CT molecular complexity index is 263. The van der Waals surface area contributed by atoms with E-state index in [0.29, 0.717) is 4.83 Å². The van der Waals surface area contributed by atoms with Gasteiger partial charge in [-0.2, -0.15) is 0 Å². The molecule has 1 aromatic carbocycles. The van der Waals surface area contributed by atoms with Gasteiger partial charge in [-0.25, -0.2) is 0 Å². The Morgan fingerprint density at radius 1 is 1.00 bits per heavy atom. The normalized spacial score (nSPS) is 12.7. The number of hydrogen-bond acceptors (Lipinski definition) is 0. The first kappa shape index (κ1) is 12.8. The number of benzene rings is 1. The van der Waals surface area contributed by atoms with Crippen LogP contribution in [-0.4, -0.2) is 4.83 Å². The van der Waals surface area contributed by atoms with Crippen molar-refractivity contribution in [3.05, 3.63) is 35.4 Å². The van der Waals surface area contributed by atoms with Crippen molar-refractivity contribution < 1.29 is 0 Å². The molecule has 0 aliphatic rings. The smallest absolute Gasteiger partial charge is 0.0146 e. The lowest BCUT2D eigenvalue weighted by atomic mass is 10.0. The van der Waals surface area contributed by atoms with Crippen LogP contribution >= 0.6 is 15.9 Å². The van der Waals surface area contributed by atoms with E-state index in [2.05, 4.69) is 54.0 Å². The Balaban J connectivity index is 2.42. The molecule has 0 N–H and O–H groups in total. The SMILES string of the molecule is CCCc1ccc(CCC(Br)CC)cc1. The molecule has 1 aromatic rings. The summed E-state index contributed by atoms with van der Waals surface area (Å²) in [6.45, 7) is 4.45. The van der Waals surface area contributed by atoms with Gasteiger partial charge in [-0.3, -0.25) is 0 Å². The third-order valence-electron chi connectivity index (χ3n) is 2.75. The maximum atomic E-state index is 3.67. The van der Waals surface area contributed by atoms with E-state index in [1.165, 1.54) is 43.2 Å². The van der Waals surface area contributed by atoms with Crippen LogP contribution in [0.2, 0.25) is 0 Å². The van der Waals surface area contributed by atoms with Crippen LogP contribution in [0.4, 0.5) is 0 Å². The van der Waals surface area contributed by atoms with Gasteiger partial charge in [0.05, 0.1) is 0 Å². The lowest BCUT2D eigenvalue weighted by Gasteiger charge is -2.07. The van der Waals surface area contributed by atoms with Crippen LogP contribution in [-0.2, 0) is 12.8 Å². The third-order valence-corrected chi connectivity index (χ3v) is 3.86. The first-order valence-electron chi connectivity index (χ1n) is 5.98. The summed E-state index contributed by atoms with van der Waals surface area (Å²) in [6, 6.07) is 9.10. The zero-order chi connectivity index (χ0) is 11.1. The van der Waals surface area contributed by atoms with E-state index < -0.39 is 0 Å². The molecule has 0 radical (unpaired) electrons. The summed E-state index contributed by atoms with van der Waals surface area (Å²) in [5, 5.41) is 0. The molecule has 0 bridgehead atoms. The molecule has 0 saturated heterocycles. The monoisotopic (exact) mass is 268 g/mol. The molecule has 1 unspecified atom stereocenters. The average Bonchev–Trinajstić information content (AvgIpc) is 2.28. The summed E-state index contributed by atoms with van der Waals surface area (Å²) >= 11 is 3.67. The molecule has 1 rings (SSSR count). The van der Waals surface area contributed by atoms with Gasteiger partial charge < -0.3 is 0 Å². The van der Waals surface area contributed by atoms with E-state index in [1.807, 2.05) is 0 Å². The van der Waals surface area contributed by atoms with Crippen LogP contribution in [0.15, 0.2) is 24.3 Å². The molecular weight excluding hydrogens is 248 g/mol. The van der Waals surface area contributed by atoms with Gasteiger partial charge in [0.1, 0.15) is 0 Å². The summed E-state index contributed by atoms with van der Waals surface area (Å²) in [6.07, 6.45) is 6.09. The largest absolute Gasteiger partial charge is 0.0891 e. The van der Waals surface area contributed by atoms with Crippen molar-refractivity contribution >= 4 is 15.9 Å². The minimum absolute atomic E-state index is 0.674. The molecule has 0 aromatic heterocycles. The van der Waals surface area contributed by atoms with Crippen molar-refractivity contribution in [2.75, 3.05) is 0 Å². The van der Waals surface area contributed by atoms with E-state index in [9.17, 15) is 0 Å². The fourth-order valence-corrected chi connectivity index (χ4v) is 1.92. The van der Waals surface area contributed by atoms with Gasteiger partial charge in [0.15, 0.2) is 0 Å². The molecule has 0 aliphatic heterocycles. The van der Waals surface area contributed by atoms with Crippen LogP contribution in [0, 0.1) is 0 Å². The van der Waals surface area contributed by atoms with Crippen LogP contribution in [0.1, 0.15) is 44.2 Å². The summed E-state index contributed by atoms with van der Waals surface area (Å²) < 4.78 is 0. The highest BCUT2D eigenvalue weighted by atomic mass is 79.9. The molecule has 0 fully saturated rings. The molecule has 0 nitrogen and oxygen atoms in total. The Kier molecular flexibility index (Phi) is 6.00. The van der Waals surface area contributed by atoms with Crippen molar-refractivity contribution in [1.82, 2.24) is 0 Å². The van der Waals surface area contributed by atoms with Crippen LogP contribution in [0.5, 0.6) is 0 Å². The topological polar surface area (TPSA) is 0 Å². The number of rotatable bonds is 6. The van der Waals surface area contributed by atoms with E-state index in [4.69, 9.17) is 0 Å². The van der Waals surface area contributed by atoms with E-state index in [-0.39, 0.29) is 0 Å². The second-order valence-corrected chi connectivity index (χ2v) is 5.41. The Morgan fingerprint density at radius 2 is 1.53 bits per heavy atom. The second-order valence-electron chi connectivity index (χ2n) is 4.11. The highest BCUT2D eigenvalue weighted by molar-refractivity contribution is 9.09. The predicted molar refractivity (Wildman–Crippen MR) is 71.8 cm³/mol. The first-order valence-corrected chi connectivity index (χ1v) is 6.89. The van der Waals surface area contributed by atoms with E-state index in [1.54, 1.807) is 0 Å². The number of alkyl halides is 1. The second kappa shape index (κ2) is 7.05. The lowest BCUT2D eigenvalue weighted by molar-refractivity contribution is 0.746. The molecule has 1 heteroatoms. The van der Waals surface area contributed by atoms with E-state index >= 15 is 0 Å². The van der Waals surface area contributed by atoms with Gasteiger partial charge in [-0.1, -0.05) is 60.5 Å². The molecule has 0 heterocycles. The minimum Gasteiger partial charge on any atom is -0.0891 e. The molecular formula is C14H21Br. The summed E-state index contributed by atoms with van der Waals surface area (Å²) in [5.74, 6) is 0. The fraction of sp³-hybridized carbons (Fsp3) is 0.571. The van der Waals surface area contributed by atoms with E-state index in [0.717, 1.165) is 0 Å². The quantitative estimate of drug-likeness (QED) is 0.654. The minimum atomic E-state index is 0.674. The summed E-state index contributed by atoms with van der Waals surface area (Å²) in [7, 11) is 0. The van der Waals surface area contributed by atoms with Gasteiger partial charge in [0.25, 0.3) is 0 Å². The van der Waals surface area contributed by atoms with Crippen LogP contribution in [0.25, 0.3) is 0 Å². The highest BCUT2D eigenvalue weighted by Crippen LogP contribution is 2.14. The highest BCUT2D eigenvalue weighted by Gasteiger charge is 2.01. The van der Waals surface area contributed by atoms with Crippen molar-refractivity contribution in [2.24, 2.45) is 0 Å². The molecule has 0 spiro atoms. The average molecular weight is 269 g/mol.